The minimum atomic E-state index is -1.25. The molecule has 0 heterocycles. The van der Waals surface area contributed by atoms with E-state index in [9.17, 15) is 17.6 Å². The second-order valence-corrected chi connectivity index (χ2v) is 7.28. The second-order valence-electron chi connectivity index (χ2n) is 5.94. The van der Waals surface area contributed by atoms with E-state index in [2.05, 4.69) is 0 Å². The predicted octanol–water partition coefficient (Wildman–Crippen LogP) is 6.34. The maximum atomic E-state index is 14.5. The van der Waals surface area contributed by atoms with Crippen LogP contribution in [0, 0.1) is 23.3 Å². The van der Waals surface area contributed by atoms with Crippen LogP contribution in [0.2, 0.25) is 0 Å². The summed E-state index contributed by atoms with van der Waals surface area (Å²) in [7, 11) is 0. The van der Waals surface area contributed by atoms with Gasteiger partial charge in [-0.2, -0.15) is 4.39 Å². The summed E-state index contributed by atoms with van der Waals surface area (Å²) in [5.41, 5.74) is -0.623. The smallest absolute Gasteiger partial charge is 0.201 e. The molecule has 0 saturated heterocycles. The lowest BCUT2D eigenvalue weighted by molar-refractivity contribution is 0.314. The zero-order chi connectivity index (χ0) is 18.0. The molecule has 0 aliphatic heterocycles. The van der Waals surface area contributed by atoms with Gasteiger partial charge in [-0.1, -0.05) is 12.8 Å². The third-order valence-electron chi connectivity index (χ3n) is 4.28. The van der Waals surface area contributed by atoms with Crippen LogP contribution in [-0.4, -0.2) is 11.9 Å². The summed E-state index contributed by atoms with van der Waals surface area (Å²) < 4.78 is 62.1. The first-order chi connectivity index (χ1) is 12.0. The Morgan fingerprint density at radius 1 is 0.880 bits per heavy atom. The lowest BCUT2D eigenvalue weighted by Gasteiger charge is -2.13. The summed E-state index contributed by atoms with van der Waals surface area (Å²) >= 11 is 1.31. The first-order valence-corrected chi connectivity index (χ1v) is 9.16. The van der Waals surface area contributed by atoms with Crippen LogP contribution in [-0.2, 0) is 0 Å². The monoisotopic (exact) mass is 370 g/mol. The van der Waals surface area contributed by atoms with E-state index in [1.54, 1.807) is 6.92 Å². The van der Waals surface area contributed by atoms with Crippen molar-refractivity contribution in [2.45, 2.75) is 42.8 Å². The van der Waals surface area contributed by atoms with E-state index in [4.69, 9.17) is 4.74 Å². The van der Waals surface area contributed by atoms with E-state index >= 15 is 0 Å². The van der Waals surface area contributed by atoms with Crippen molar-refractivity contribution in [3.05, 3.63) is 47.5 Å². The minimum Gasteiger partial charge on any atom is -0.491 e. The molecule has 0 aromatic heterocycles. The molecular weight excluding hydrogens is 352 g/mol. The molecule has 1 aliphatic carbocycles. The number of benzene rings is 2. The van der Waals surface area contributed by atoms with Crippen LogP contribution in [0.25, 0.3) is 11.1 Å². The molecule has 1 fully saturated rings. The number of hydrogen-bond donors (Lipinski definition) is 0. The lowest BCUT2D eigenvalue weighted by atomic mass is 10.0. The Balaban J connectivity index is 1.95. The van der Waals surface area contributed by atoms with Crippen molar-refractivity contribution in [2.75, 3.05) is 6.61 Å². The number of halogens is 4. The van der Waals surface area contributed by atoms with E-state index in [0.717, 1.165) is 25.7 Å². The van der Waals surface area contributed by atoms with Crippen LogP contribution in [0.3, 0.4) is 0 Å². The van der Waals surface area contributed by atoms with Gasteiger partial charge in [-0.15, -0.1) is 11.8 Å². The van der Waals surface area contributed by atoms with Crippen molar-refractivity contribution in [3.8, 4) is 16.9 Å². The second kappa shape index (κ2) is 7.68. The topological polar surface area (TPSA) is 9.23 Å². The molecule has 1 aliphatic rings. The molecule has 6 heteroatoms. The molecule has 0 unspecified atom stereocenters. The van der Waals surface area contributed by atoms with Gasteiger partial charge in [0.2, 0.25) is 5.82 Å². The first kappa shape index (κ1) is 18.1. The number of rotatable bonds is 5. The Hall–Kier alpha value is -1.69. The van der Waals surface area contributed by atoms with E-state index < -0.39 is 23.3 Å². The highest BCUT2D eigenvalue weighted by molar-refractivity contribution is 8.00. The minimum absolute atomic E-state index is 0.172. The fourth-order valence-corrected chi connectivity index (χ4v) is 4.29. The Morgan fingerprint density at radius 3 is 2.12 bits per heavy atom. The zero-order valence-electron chi connectivity index (χ0n) is 13.8. The summed E-state index contributed by atoms with van der Waals surface area (Å²) in [4.78, 5) is 0.208. The van der Waals surface area contributed by atoms with Gasteiger partial charge in [0.15, 0.2) is 23.2 Å². The Kier molecular flexibility index (Phi) is 5.57. The van der Waals surface area contributed by atoms with Crippen LogP contribution < -0.4 is 4.74 Å². The molecule has 0 radical (unpaired) electrons. The number of ether oxygens (including phenoxy) is 1. The summed E-state index contributed by atoms with van der Waals surface area (Å²) in [6, 6.07) is 5.15. The van der Waals surface area contributed by atoms with Gasteiger partial charge in [0.25, 0.3) is 0 Å². The van der Waals surface area contributed by atoms with Crippen molar-refractivity contribution in [1.29, 1.82) is 0 Å². The first-order valence-electron chi connectivity index (χ1n) is 8.28. The normalized spacial score (nSPS) is 14.9. The Bertz CT molecular complexity index is 773. The molecule has 0 amide bonds. The maximum absolute atomic E-state index is 14.5. The van der Waals surface area contributed by atoms with Crippen molar-refractivity contribution >= 4 is 11.8 Å². The van der Waals surface area contributed by atoms with E-state index in [1.807, 2.05) is 0 Å². The molecule has 3 rings (SSSR count). The largest absolute Gasteiger partial charge is 0.491 e. The van der Waals surface area contributed by atoms with Gasteiger partial charge in [-0.05, 0) is 44.0 Å². The molecule has 2 aromatic carbocycles. The molecule has 0 atom stereocenters. The molecule has 2 aromatic rings. The van der Waals surface area contributed by atoms with Crippen LogP contribution in [0.4, 0.5) is 17.6 Å². The molecule has 1 saturated carbocycles. The standard InChI is InChI=1S/C19H18F4OS/c1-2-24-14-9-7-12(16(20)18(14)22)13-8-10-15(19(23)17(13)21)25-11-5-3-4-6-11/h7-11H,2-6H2,1H3. The van der Waals surface area contributed by atoms with E-state index in [-0.39, 0.29) is 33.6 Å². The number of hydrogen-bond acceptors (Lipinski definition) is 2. The van der Waals surface area contributed by atoms with Crippen molar-refractivity contribution < 1.29 is 22.3 Å². The molecule has 1 nitrogen and oxygen atoms in total. The molecule has 0 N–H and O–H groups in total. The highest BCUT2D eigenvalue weighted by Crippen LogP contribution is 2.39. The van der Waals surface area contributed by atoms with Crippen LogP contribution in [0.5, 0.6) is 5.75 Å². The third kappa shape index (κ3) is 3.64. The van der Waals surface area contributed by atoms with Gasteiger partial charge in [0.1, 0.15) is 0 Å². The van der Waals surface area contributed by atoms with Gasteiger partial charge >= 0.3 is 0 Å². The van der Waals surface area contributed by atoms with Gasteiger partial charge < -0.3 is 4.74 Å². The van der Waals surface area contributed by atoms with Gasteiger partial charge in [-0.25, -0.2) is 13.2 Å². The van der Waals surface area contributed by atoms with Gasteiger partial charge in [-0.3, -0.25) is 0 Å². The van der Waals surface area contributed by atoms with Crippen LogP contribution in [0.15, 0.2) is 29.2 Å². The molecule has 25 heavy (non-hydrogen) atoms. The summed E-state index contributed by atoms with van der Waals surface area (Å²) in [5.74, 6) is -4.88. The average Bonchev–Trinajstić information content (AvgIpc) is 3.11. The Morgan fingerprint density at radius 2 is 1.48 bits per heavy atom. The molecule has 0 bridgehead atoms. The number of thioether (sulfide) groups is 1. The van der Waals surface area contributed by atoms with Gasteiger partial charge in [0, 0.05) is 21.3 Å². The highest BCUT2D eigenvalue weighted by atomic mass is 32.2. The third-order valence-corrected chi connectivity index (χ3v) is 5.65. The molecular formula is C19H18F4OS. The van der Waals surface area contributed by atoms with Crippen molar-refractivity contribution in [3.63, 3.8) is 0 Å². The van der Waals surface area contributed by atoms with Crippen molar-refractivity contribution in [1.82, 2.24) is 0 Å². The zero-order valence-corrected chi connectivity index (χ0v) is 14.6. The van der Waals surface area contributed by atoms with Crippen LogP contribution in [0.1, 0.15) is 32.6 Å². The molecule has 0 spiro atoms. The molecule has 134 valence electrons. The highest BCUT2D eigenvalue weighted by Gasteiger charge is 2.23. The fourth-order valence-electron chi connectivity index (χ4n) is 3.02. The van der Waals surface area contributed by atoms with E-state index in [1.165, 1.54) is 36.0 Å². The van der Waals surface area contributed by atoms with Crippen LogP contribution >= 0.6 is 11.8 Å². The average molecular weight is 370 g/mol. The fraction of sp³-hybridized carbons (Fsp3) is 0.368. The maximum Gasteiger partial charge on any atom is 0.201 e. The summed E-state index contributed by atoms with van der Waals surface area (Å²) in [6.07, 6.45) is 4.14. The van der Waals surface area contributed by atoms with Crippen molar-refractivity contribution in [2.24, 2.45) is 0 Å². The van der Waals surface area contributed by atoms with E-state index in [0.29, 0.717) is 0 Å². The predicted molar refractivity (Wildman–Crippen MR) is 91.0 cm³/mol. The summed E-state index contributed by atoms with van der Waals surface area (Å²) in [6.45, 7) is 1.81. The van der Waals surface area contributed by atoms with Gasteiger partial charge in [0.05, 0.1) is 6.61 Å². The Labute approximate surface area is 148 Å². The lowest BCUT2D eigenvalue weighted by Crippen LogP contribution is -2.01. The quantitative estimate of drug-likeness (QED) is 0.568. The SMILES string of the molecule is CCOc1ccc(-c2ccc(SC3CCCC3)c(F)c2F)c(F)c1F. The summed E-state index contributed by atoms with van der Waals surface area (Å²) in [5, 5.41) is 0.277.